The van der Waals surface area contributed by atoms with Gasteiger partial charge in [-0.15, -0.1) is 0 Å². The predicted octanol–water partition coefficient (Wildman–Crippen LogP) is 5.75. The second-order valence-electron chi connectivity index (χ2n) is 7.96. The molecule has 0 saturated heterocycles. The van der Waals surface area contributed by atoms with Crippen molar-refractivity contribution in [3.8, 4) is 0 Å². The highest BCUT2D eigenvalue weighted by atomic mass is 35.5. The molecule has 1 N–H and O–H groups in total. The maximum atomic E-state index is 14.8. The molecule has 1 aliphatic rings. The highest BCUT2D eigenvalue weighted by molar-refractivity contribution is 6.31. The van der Waals surface area contributed by atoms with Crippen molar-refractivity contribution in [2.75, 3.05) is 26.9 Å². The van der Waals surface area contributed by atoms with Crippen molar-refractivity contribution in [2.24, 2.45) is 5.92 Å². The summed E-state index contributed by atoms with van der Waals surface area (Å²) in [4.78, 5) is 7.37. The third-order valence-corrected chi connectivity index (χ3v) is 5.40. The molecule has 2 aromatic rings. The molecule has 3 rings (SSSR count). The Morgan fingerprint density at radius 2 is 2.13 bits per heavy atom. The fourth-order valence-corrected chi connectivity index (χ4v) is 3.71. The van der Waals surface area contributed by atoms with Crippen LogP contribution in [0, 0.1) is 5.92 Å². The smallest absolute Gasteiger partial charge is 0.137 e. The molecule has 0 spiro atoms. The quantitative estimate of drug-likeness (QED) is 0.455. The third kappa shape index (κ3) is 6.06. The third-order valence-electron chi connectivity index (χ3n) is 5.19. The van der Waals surface area contributed by atoms with E-state index in [0.29, 0.717) is 48.3 Å². The Morgan fingerprint density at radius 1 is 1.30 bits per heavy atom. The number of rotatable bonds is 11. The molecule has 2 aromatic heterocycles. The minimum Gasteiger partial charge on any atom is -0.493 e. The van der Waals surface area contributed by atoms with Crippen LogP contribution in [0.2, 0.25) is 5.02 Å². The van der Waals surface area contributed by atoms with Gasteiger partial charge in [0.2, 0.25) is 0 Å². The fraction of sp³-hybridized carbons (Fsp3) is 0.522. The maximum Gasteiger partial charge on any atom is 0.137 e. The minimum atomic E-state index is -0.313. The molecule has 0 saturated carbocycles. The molecule has 1 atom stereocenters. The van der Waals surface area contributed by atoms with Gasteiger partial charge in [-0.05, 0) is 42.4 Å². The van der Waals surface area contributed by atoms with E-state index in [-0.39, 0.29) is 11.9 Å². The summed E-state index contributed by atoms with van der Waals surface area (Å²) in [7, 11) is 1.61. The number of ether oxygens (including phenoxy) is 3. The highest BCUT2D eigenvalue weighted by Crippen LogP contribution is 2.32. The summed E-state index contributed by atoms with van der Waals surface area (Å²) in [6.45, 7) is 5.97. The predicted molar refractivity (Wildman–Crippen MR) is 117 cm³/mol. The topological polar surface area (TPSA) is 56.4 Å². The van der Waals surface area contributed by atoms with Crippen molar-refractivity contribution in [3.63, 3.8) is 0 Å². The van der Waals surface area contributed by atoms with E-state index in [1.807, 2.05) is 12.3 Å². The lowest BCUT2D eigenvalue weighted by atomic mass is 9.94. The lowest BCUT2D eigenvalue weighted by Gasteiger charge is -2.25. The average Bonchev–Trinajstić information content (AvgIpc) is 3.10. The van der Waals surface area contributed by atoms with Crippen molar-refractivity contribution < 1.29 is 18.6 Å². The number of nitrogens with zero attached hydrogens (tertiary/aromatic N) is 1. The molecule has 0 aliphatic heterocycles. The summed E-state index contributed by atoms with van der Waals surface area (Å²) in [5, 5.41) is 1.45. The molecule has 0 bridgehead atoms. The van der Waals surface area contributed by atoms with E-state index >= 15 is 0 Å². The van der Waals surface area contributed by atoms with Crippen LogP contribution in [0.15, 0.2) is 41.7 Å². The van der Waals surface area contributed by atoms with E-state index in [1.54, 1.807) is 13.3 Å². The molecule has 1 unspecified atom stereocenters. The highest BCUT2D eigenvalue weighted by Gasteiger charge is 2.25. The lowest BCUT2D eigenvalue weighted by Crippen LogP contribution is -2.22. The molecule has 0 amide bonds. The fourth-order valence-electron chi connectivity index (χ4n) is 3.56. The monoisotopic (exact) mass is 436 g/mol. The first kappa shape index (κ1) is 22.8. The van der Waals surface area contributed by atoms with Crippen LogP contribution in [-0.2, 0) is 20.6 Å². The van der Waals surface area contributed by atoms with Crippen molar-refractivity contribution in [2.45, 2.75) is 45.6 Å². The first-order valence-electron chi connectivity index (χ1n) is 10.4. The van der Waals surface area contributed by atoms with Gasteiger partial charge in [0.1, 0.15) is 29.9 Å². The first-order valence-corrected chi connectivity index (χ1v) is 10.8. The standard InChI is InChI=1S/C23H30ClFN2O3/c1-15(2)5-4-6-29-7-8-30-22-12-20(25)16(10-21(22)28-3)9-17-13-26-23-19(17)11-18(24)14-27-23/h11-15,21H,4-10H2,1-3H3,(H,26,27). The second-order valence-corrected chi connectivity index (χ2v) is 8.40. The number of hydrogen-bond acceptors (Lipinski definition) is 4. The second kappa shape index (κ2) is 10.9. The number of nitrogens with one attached hydrogen (secondary N) is 1. The van der Waals surface area contributed by atoms with E-state index in [4.69, 9.17) is 25.8 Å². The summed E-state index contributed by atoms with van der Waals surface area (Å²) in [6.07, 6.45) is 7.64. The van der Waals surface area contributed by atoms with Crippen molar-refractivity contribution in [1.29, 1.82) is 0 Å². The van der Waals surface area contributed by atoms with Gasteiger partial charge in [0.15, 0.2) is 0 Å². The van der Waals surface area contributed by atoms with Crippen LogP contribution in [0.1, 0.15) is 38.7 Å². The molecule has 0 aromatic carbocycles. The number of halogens is 2. The maximum absolute atomic E-state index is 14.8. The summed E-state index contributed by atoms with van der Waals surface area (Å²) in [5.41, 5.74) is 2.36. The molecule has 5 nitrogen and oxygen atoms in total. The Kier molecular flexibility index (Phi) is 8.31. The number of aromatic amines is 1. The summed E-state index contributed by atoms with van der Waals surface area (Å²) < 4.78 is 31.7. The van der Waals surface area contributed by atoms with E-state index in [9.17, 15) is 4.39 Å². The number of hydrogen-bond donors (Lipinski definition) is 1. The largest absolute Gasteiger partial charge is 0.493 e. The minimum absolute atomic E-state index is 0.277. The van der Waals surface area contributed by atoms with Gasteiger partial charge in [0, 0.05) is 44.0 Å². The molecule has 164 valence electrons. The molecule has 0 radical (unpaired) electrons. The van der Waals surface area contributed by atoms with Crippen LogP contribution in [0.5, 0.6) is 0 Å². The Hall–Kier alpha value is -1.89. The van der Waals surface area contributed by atoms with Crippen LogP contribution in [0.25, 0.3) is 11.0 Å². The van der Waals surface area contributed by atoms with Gasteiger partial charge >= 0.3 is 0 Å². The van der Waals surface area contributed by atoms with E-state index in [2.05, 4.69) is 23.8 Å². The normalized spacial score (nSPS) is 17.1. The van der Waals surface area contributed by atoms with E-state index in [1.165, 1.54) is 6.08 Å². The Labute approximate surface area is 182 Å². The van der Waals surface area contributed by atoms with Crippen LogP contribution in [0.3, 0.4) is 0 Å². The zero-order chi connectivity index (χ0) is 21.5. The molecule has 30 heavy (non-hydrogen) atoms. The molecule has 7 heteroatoms. The van der Waals surface area contributed by atoms with Crippen LogP contribution in [-0.4, -0.2) is 43.0 Å². The van der Waals surface area contributed by atoms with E-state index < -0.39 is 0 Å². The lowest BCUT2D eigenvalue weighted by molar-refractivity contribution is 0.0292. The van der Waals surface area contributed by atoms with Gasteiger partial charge < -0.3 is 19.2 Å². The van der Waals surface area contributed by atoms with E-state index in [0.717, 1.165) is 36.0 Å². The Bertz CT molecular complexity index is 907. The molecule has 0 fully saturated rings. The van der Waals surface area contributed by atoms with Crippen LogP contribution in [0.4, 0.5) is 4.39 Å². The van der Waals surface area contributed by atoms with Gasteiger partial charge in [-0.2, -0.15) is 0 Å². The summed E-state index contributed by atoms with van der Waals surface area (Å²) in [5.74, 6) is 0.912. The van der Waals surface area contributed by atoms with Gasteiger partial charge in [-0.25, -0.2) is 9.37 Å². The zero-order valence-corrected chi connectivity index (χ0v) is 18.6. The van der Waals surface area contributed by atoms with Crippen molar-refractivity contribution >= 4 is 22.6 Å². The van der Waals surface area contributed by atoms with Gasteiger partial charge in [-0.3, -0.25) is 0 Å². The summed E-state index contributed by atoms with van der Waals surface area (Å²) in [6, 6.07) is 1.84. The van der Waals surface area contributed by atoms with Gasteiger partial charge in [-0.1, -0.05) is 25.4 Å². The molecule has 2 heterocycles. The molecular formula is C23H30ClFN2O3. The number of fused-ring (bicyclic) bond motifs is 1. The SMILES string of the molecule is COC1CC(Cc2c[nH]c3ncc(Cl)cc23)=C(F)C=C1OCCOCCCC(C)C. The number of allylic oxidation sites excluding steroid dienone is 2. The first-order chi connectivity index (χ1) is 14.5. The van der Waals surface area contributed by atoms with Crippen molar-refractivity contribution in [1.82, 2.24) is 9.97 Å². The average molecular weight is 437 g/mol. The van der Waals surface area contributed by atoms with Crippen LogP contribution >= 0.6 is 11.6 Å². The summed E-state index contributed by atoms with van der Waals surface area (Å²) >= 11 is 6.07. The number of aromatic nitrogens is 2. The zero-order valence-electron chi connectivity index (χ0n) is 17.8. The molecular weight excluding hydrogens is 407 g/mol. The van der Waals surface area contributed by atoms with Gasteiger partial charge in [0.05, 0.1) is 11.6 Å². The van der Waals surface area contributed by atoms with Gasteiger partial charge in [0.25, 0.3) is 0 Å². The number of methoxy groups -OCH3 is 1. The Balaban J connectivity index is 1.59. The molecule has 1 aliphatic carbocycles. The Morgan fingerprint density at radius 3 is 2.90 bits per heavy atom. The van der Waals surface area contributed by atoms with Crippen LogP contribution < -0.4 is 0 Å². The number of pyridine rings is 1. The van der Waals surface area contributed by atoms with Crippen molar-refractivity contribution in [3.05, 3.63) is 52.3 Å². The number of H-pyrrole nitrogens is 1.